The highest BCUT2D eigenvalue weighted by atomic mass is 16.6. The van der Waals surface area contributed by atoms with E-state index in [2.05, 4.69) is 16.0 Å². The van der Waals surface area contributed by atoms with Crippen LogP contribution in [0.2, 0.25) is 0 Å². The number of benzene rings is 2. The minimum atomic E-state index is -0.509. The summed E-state index contributed by atoms with van der Waals surface area (Å²) in [5, 5.41) is 19.2. The summed E-state index contributed by atoms with van der Waals surface area (Å²) in [6.07, 6.45) is 5.42. The number of carbonyl (C=O) groups is 2. The molecule has 0 atom stereocenters. The Hall–Kier alpha value is -3.62. The molecule has 2 aromatic carbocycles. The Bertz CT molecular complexity index is 953. The molecule has 1 aliphatic rings. The van der Waals surface area contributed by atoms with Gasteiger partial charge in [-0.15, -0.1) is 0 Å². The van der Waals surface area contributed by atoms with Crippen molar-refractivity contribution in [1.29, 1.82) is 0 Å². The van der Waals surface area contributed by atoms with Crippen LogP contribution in [0, 0.1) is 10.1 Å². The lowest BCUT2D eigenvalue weighted by Gasteiger charge is -2.24. The highest BCUT2D eigenvalue weighted by Crippen LogP contribution is 2.25. The third-order valence-electron chi connectivity index (χ3n) is 5.26. The molecule has 1 fully saturated rings. The second-order valence-corrected chi connectivity index (χ2v) is 7.82. The first kappa shape index (κ1) is 22.1. The van der Waals surface area contributed by atoms with Crippen molar-refractivity contribution in [2.45, 2.75) is 38.1 Å². The maximum absolute atomic E-state index is 12.9. The first-order chi connectivity index (χ1) is 14.8. The van der Waals surface area contributed by atoms with Crippen LogP contribution in [0.15, 0.2) is 42.5 Å². The number of urea groups is 1. The highest BCUT2D eigenvalue weighted by Gasteiger charge is 2.20. The van der Waals surface area contributed by atoms with E-state index < -0.39 is 11.0 Å². The van der Waals surface area contributed by atoms with E-state index >= 15 is 0 Å². The Labute approximate surface area is 181 Å². The van der Waals surface area contributed by atoms with Gasteiger partial charge in [-0.05, 0) is 43.2 Å². The van der Waals surface area contributed by atoms with Crippen molar-refractivity contribution < 1.29 is 14.5 Å². The lowest BCUT2D eigenvalue weighted by Crippen LogP contribution is -2.36. The molecule has 1 saturated carbocycles. The van der Waals surface area contributed by atoms with Crippen LogP contribution in [0.25, 0.3) is 0 Å². The fourth-order valence-electron chi connectivity index (χ4n) is 3.66. The van der Waals surface area contributed by atoms with E-state index in [9.17, 15) is 19.7 Å². The van der Waals surface area contributed by atoms with Crippen LogP contribution in [0.4, 0.5) is 27.5 Å². The van der Waals surface area contributed by atoms with Crippen molar-refractivity contribution in [2.24, 2.45) is 0 Å². The molecule has 0 radical (unpaired) electrons. The normalized spacial score (nSPS) is 13.9. The summed E-state index contributed by atoms with van der Waals surface area (Å²) >= 11 is 0. The summed E-state index contributed by atoms with van der Waals surface area (Å²) in [7, 11) is 3.72. The molecule has 0 aromatic heterocycles. The van der Waals surface area contributed by atoms with Gasteiger partial charge in [0.15, 0.2) is 0 Å². The van der Waals surface area contributed by atoms with E-state index in [0.29, 0.717) is 16.9 Å². The minimum Gasteiger partial charge on any atom is -0.377 e. The van der Waals surface area contributed by atoms with E-state index in [-0.39, 0.29) is 17.6 Å². The van der Waals surface area contributed by atoms with Gasteiger partial charge in [-0.1, -0.05) is 19.3 Å². The van der Waals surface area contributed by atoms with Gasteiger partial charge in [-0.3, -0.25) is 14.9 Å². The van der Waals surface area contributed by atoms with Gasteiger partial charge in [-0.25, -0.2) is 4.79 Å². The van der Waals surface area contributed by atoms with E-state index in [0.717, 1.165) is 31.4 Å². The standard InChI is InChI=1S/C22H27N5O4/c1-26(2)20-13-10-17(14-19(20)21(28)23-15-6-4-3-5-7-15)25-22(29)24-16-8-11-18(12-9-16)27(30)31/h8-15H,3-7H2,1-2H3,(H,23,28)(H2,24,25,29). The Kier molecular flexibility index (Phi) is 7.07. The number of nitrogens with one attached hydrogen (secondary N) is 3. The molecule has 9 nitrogen and oxygen atoms in total. The van der Waals surface area contributed by atoms with Crippen molar-refractivity contribution in [3.8, 4) is 0 Å². The Morgan fingerprint density at radius 1 is 0.968 bits per heavy atom. The van der Waals surface area contributed by atoms with Gasteiger partial charge in [-0.2, -0.15) is 0 Å². The van der Waals surface area contributed by atoms with Crippen LogP contribution in [0.5, 0.6) is 0 Å². The average Bonchev–Trinajstić information content (AvgIpc) is 2.74. The van der Waals surface area contributed by atoms with Gasteiger partial charge in [0.25, 0.3) is 11.6 Å². The number of rotatable bonds is 6. The molecule has 0 bridgehead atoms. The van der Waals surface area contributed by atoms with Crippen LogP contribution in [0.3, 0.4) is 0 Å². The molecule has 1 aliphatic carbocycles. The second-order valence-electron chi connectivity index (χ2n) is 7.82. The van der Waals surface area contributed by atoms with Crippen LogP contribution < -0.4 is 20.9 Å². The van der Waals surface area contributed by atoms with Crippen molar-refractivity contribution in [2.75, 3.05) is 29.6 Å². The summed E-state index contributed by atoms with van der Waals surface area (Å²) < 4.78 is 0. The predicted octanol–water partition coefficient (Wildman–Crippen LogP) is 4.37. The Morgan fingerprint density at radius 2 is 1.58 bits per heavy atom. The molecule has 164 valence electrons. The zero-order valence-electron chi connectivity index (χ0n) is 17.7. The van der Waals surface area contributed by atoms with Crippen molar-refractivity contribution in [1.82, 2.24) is 5.32 Å². The smallest absolute Gasteiger partial charge is 0.323 e. The number of amides is 3. The molecule has 0 heterocycles. The molecule has 0 aliphatic heterocycles. The fraction of sp³-hybridized carbons (Fsp3) is 0.364. The zero-order valence-corrected chi connectivity index (χ0v) is 17.7. The molecule has 0 unspecified atom stereocenters. The number of hydrogen-bond donors (Lipinski definition) is 3. The first-order valence-corrected chi connectivity index (χ1v) is 10.3. The van der Waals surface area contributed by atoms with E-state index in [1.807, 2.05) is 19.0 Å². The lowest BCUT2D eigenvalue weighted by atomic mass is 9.95. The van der Waals surface area contributed by atoms with Gasteiger partial charge in [0, 0.05) is 49.3 Å². The minimum absolute atomic E-state index is 0.0566. The molecule has 3 N–H and O–H groups in total. The molecule has 0 saturated heterocycles. The third kappa shape index (κ3) is 5.94. The van der Waals surface area contributed by atoms with Gasteiger partial charge < -0.3 is 20.9 Å². The molecule has 2 aromatic rings. The highest BCUT2D eigenvalue weighted by molar-refractivity contribution is 6.04. The topological polar surface area (TPSA) is 117 Å². The van der Waals surface area contributed by atoms with E-state index in [4.69, 9.17) is 0 Å². The quantitative estimate of drug-likeness (QED) is 0.469. The summed E-state index contributed by atoms with van der Waals surface area (Å²) in [4.78, 5) is 37.4. The largest absolute Gasteiger partial charge is 0.377 e. The monoisotopic (exact) mass is 425 g/mol. The number of non-ortho nitro benzene ring substituents is 1. The zero-order chi connectivity index (χ0) is 22.4. The summed E-state index contributed by atoms with van der Waals surface area (Å²) in [5.41, 5.74) is 2.08. The Balaban J connectivity index is 1.70. The lowest BCUT2D eigenvalue weighted by molar-refractivity contribution is -0.384. The van der Waals surface area contributed by atoms with Crippen LogP contribution in [-0.4, -0.2) is 37.0 Å². The molecule has 31 heavy (non-hydrogen) atoms. The maximum atomic E-state index is 12.9. The molecule has 9 heteroatoms. The van der Waals surface area contributed by atoms with Crippen molar-refractivity contribution >= 4 is 34.7 Å². The number of nitrogens with zero attached hydrogens (tertiary/aromatic N) is 2. The molecular formula is C22H27N5O4. The SMILES string of the molecule is CN(C)c1ccc(NC(=O)Nc2ccc([N+](=O)[O-])cc2)cc1C(=O)NC1CCCCC1. The van der Waals surface area contributed by atoms with Crippen molar-refractivity contribution in [3.05, 3.63) is 58.1 Å². The molecule has 3 amide bonds. The molecule has 0 spiro atoms. The Morgan fingerprint density at radius 3 is 2.19 bits per heavy atom. The number of nitro benzene ring substituents is 1. The second kappa shape index (κ2) is 9.92. The molecule has 3 rings (SSSR count). The van der Waals surface area contributed by atoms with Gasteiger partial charge in [0.2, 0.25) is 0 Å². The summed E-state index contributed by atoms with van der Waals surface area (Å²) in [6.45, 7) is 0. The average molecular weight is 425 g/mol. The summed E-state index contributed by atoms with van der Waals surface area (Å²) in [6, 6.07) is 10.4. The van der Waals surface area contributed by atoms with E-state index in [1.165, 1.54) is 30.7 Å². The van der Waals surface area contributed by atoms with Crippen molar-refractivity contribution in [3.63, 3.8) is 0 Å². The third-order valence-corrected chi connectivity index (χ3v) is 5.26. The number of anilines is 3. The number of nitro groups is 1. The molecular weight excluding hydrogens is 398 g/mol. The van der Waals surface area contributed by atoms with E-state index in [1.54, 1.807) is 18.2 Å². The summed E-state index contributed by atoms with van der Waals surface area (Å²) in [5.74, 6) is -0.157. The van der Waals surface area contributed by atoms with Crippen LogP contribution in [-0.2, 0) is 0 Å². The number of carbonyl (C=O) groups excluding carboxylic acids is 2. The van der Waals surface area contributed by atoms with Gasteiger partial charge >= 0.3 is 6.03 Å². The van der Waals surface area contributed by atoms with Gasteiger partial charge in [0.05, 0.1) is 10.5 Å². The van der Waals surface area contributed by atoms with Crippen LogP contribution in [0.1, 0.15) is 42.5 Å². The first-order valence-electron chi connectivity index (χ1n) is 10.3. The number of hydrogen-bond acceptors (Lipinski definition) is 5. The predicted molar refractivity (Wildman–Crippen MR) is 121 cm³/mol. The van der Waals surface area contributed by atoms with Crippen LogP contribution >= 0.6 is 0 Å². The fourth-order valence-corrected chi connectivity index (χ4v) is 3.66. The van der Waals surface area contributed by atoms with Gasteiger partial charge in [0.1, 0.15) is 0 Å². The maximum Gasteiger partial charge on any atom is 0.323 e.